The number of carbonyl (C=O) groups is 1. The van der Waals surface area contributed by atoms with E-state index in [2.05, 4.69) is 15.3 Å². The van der Waals surface area contributed by atoms with Gasteiger partial charge in [-0.2, -0.15) is 0 Å². The fourth-order valence-corrected chi connectivity index (χ4v) is 2.36. The van der Waals surface area contributed by atoms with Gasteiger partial charge in [-0.25, -0.2) is 4.98 Å². The van der Waals surface area contributed by atoms with Crippen LogP contribution in [0.1, 0.15) is 18.5 Å². The Labute approximate surface area is 108 Å². The van der Waals surface area contributed by atoms with Gasteiger partial charge in [0.15, 0.2) is 0 Å². The molecular weight excluding hydrogens is 252 g/mol. The number of hydrogen-bond donors (Lipinski definition) is 2. The zero-order valence-electron chi connectivity index (χ0n) is 9.97. The first-order valence-electron chi connectivity index (χ1n) is 5.61. The minimum absolute atomic E-state index is 0.0268. The van der Waals surface area contributed by atoms with Crippen LogP contribution in [-0.2, 0) is 11.3 Å². The van der Waals surface area contributed by atoms with E-state index in [1.54, 1.807) is 17.0 Å². The number of aryl methyl sites for hydroxylation is 1. The van der Waals surface area contributed by atoms with Gasteiger partial charge in [-0.3, -0.25) is 14.9 Å². The summed E-state index contributed by atoms with van der Waals surface area (Å²) in [4.78, 5) is 29.7. The Kier molecular flexibility index (Phi) is 3.93. The average Bonchev–Trinajstić information content (AvgIpc) is 2.93. The van der Waals surface area contributed by atoms with E-state index in [0.717, 1.165) is 5.69 Å². The molecule has 0 spiro atoms. The Morgan fingerprint density at radius 1 is 1.61 bits per heavy atom. The normalized spacial score (nSPS) is 10.5. The summed E-state index contributed by atoms with van der Waals surface area (Å²) in [7, 11) is 0. The van der Waals surface area contributed by atoms with Crippen molar-refractivity contribution in [3.8, 4) is 0 Å². The zero-order chi connectivity index (χ0) is 13.0. The molecule has 18 heavy (non-hydrogen) atoms. The molecule has 0 aliphatic heterocycles. The highest BCUT2D eigenvalue weighted by atomic mass is 32.1. The van der Waals surface area contributed by atoms with E-state index in [4.69, 9.17) is 0 Å². The standard InChI is InChI=1S/C11H14N4O2S/c1-8-7-18-11(17)15(8)6-2-3-9(16)14-10-12-4-5-13-10/h4-5,7H,2-3,6H2,1H3,(H2,12,13,14,16). The third-order valence-corrected chi connectivity index (χ3v) is 3.40. The van der Waals surface area contributed by atoms with Crippen LogP contribution in [0.3, 0.4) is 0 Å². The van der Waals surface area contributed by atoms with Crippen LogP contribution in [0.2, 0.25) is 0 Å². The highest BCUT2D eigenvalue weighted by molar-refractivity contribution is 7.07. The fraction of sp³-hybridized carbons (Fsp3) is 0.364. The highest BCUT2D eigenvalue weighted by Gasteiger charge is 2.06. The van der Waals surface area contributed by atoms with Crippen molar-refractivity contribution in [1.82, 2.24) is 14.5 Å². The molecule has 0 aliphatic carbocycles. The summed E-state index contributed by atoms with van der Waals surface area (Å²) in [6.07, 6.45) is 4.21. The molecule has 7 heteroatoms. The maximum absolute atomic E-state index is 11.6. The van der Waals surface area contributed by atoms with Crippen LogP contribution in [0.4, 0.5) is 5.95 Å². The predicted octanol–water partition coefficient (Wildman–Crippen LogP) is 1.36. The minimum atomic E-state index is -0.106. The number of aromatic nitrogens is 3. The number of nitrogens with zero attached hydrogens (tertiary/aromatic N) is 2. The molecule has 0 bridgehead atoms. The third kappa shape index (κ3) is 3.07. The van der Waals surface area contributed by atoms with Crippen LogP contribution in [0.25, 0.3) is 0 Å². The first-order chi connectivity index (χ1) is 8.66. The van der Waals surface area contributed by atoms with E-state index in [1.807, 2.05) is 12.3 Å². The van der Waals surface area contributed by atoms with Crippen LogP contribution in [0.5, 0.6) is 0 Å². The maximum atomic E-state index is 11.6. The molecule has 0 fully saturated rings. The second-order valence-corrected chi connectivity index (χ2v) is 4.70. The van der Waals surface area contributed by atoms with Crippen molar-refractivity contribution < 1.29 is 4.79 Å². The molecule has 2 N–H and O–H groups in total. The van der Waals surface area contributed by atoms with Crippen molar-refractivity contribution >= 4 is 23.2 Å². The Morgan fingerprint density at radius 3 is 3.06 bits per heavy atom. The van der Waals surface area contributed by atoms with Gasteiger partial charge in [0.25, 0.3) is 0 Å². The van der Waals surface area contributed by atoms with Crippen molar-refractivity contribution in [3.63, 3.8) is 0 Å². The molecule has 0 aromatic carbocycles. The summed E-state index contributed by atoms with van der Waals surface area (Å²) >= 11 is 1.19. The van der Waals surface area contributed by atoms with E-state index >= 15 is 0 Å². The predicted molar refractivity (Wildman–Crippen MR) is 69.8 cm³/mol. The van der Waals surface area contributed by atoms with Gasteiger partial charge < -0.3 is 9.55 Å². The summed E-state index contributed by atoms with van der Waals surface area (Å²) < 4.78 is 1.69. The Bertz CT molecular complexity index is 570. The second-order valence-electron chi connectivity index (χ2n) is 3.88. The monoisotopic (exact) mass is 266 g/mol. The number of thiazole rings is 1. The number of hydrogen-bond acceptors (Lipinski definition) is 4. The molecule has 96 valence electrons. The number of amides is 1. The van der Waals surface area contributed by atoms with Crippen molar-refractivity contribution in [2.45, 2.75) is 26.3 Å². The molecule has 6 nitrogen and oxygen atoms in total. The molecule has 2 aromatic heterocycles. The lowest BCUT2D eigenvalue weighted by molar-refractivity contribution is -0.116. The number of H-pyrrole nitrogens is 1. The molecule has 2 aromatic rings. The summed E-state index contributed by atoms with van der Waals surface area (Å²) in [6, 6.07) is 0. The SMILES string of the molecule is Cc1csc(=O)n1CCCC(=O)Nc1ncc[nH]1. The Morgan fingerprint density at radius 2 is 2.44 bits per heavy atom. The Balaban J connectivity index is 1.79. The summed E-state index contributed by atoms with van der Waals surface area (Å²) in [5.74, 6) is 0.342. The van der Waals surface area contributed by atoms with E-state index in [1.165, 1.54) is 11.3 Å². The van der Waals surface area contributed by atoms with Gasteiger partial charge in [-0.1, -0.05) is 11.3 Å². The van der Waals surface area contributed by atoms with Crippen LogP contribution in [-0.4, -0.2) is 20.4 Å². The van der Waals surface area contributed by atoms with Crippen LogP contribution < -0.4 is 10.2 Å². The lowest BCUT2D eigenvalue weighted by Crippen LogP contribution is -2.17. The molecule has 0 unspecified atom stereocenters. The van der Waals surface area contributed by atoms with Gasteiger partial charge in [-0.05, 0) is 13.3 Å². The van der Waals surface area contributed by atoms with Crippen molar-refractivity contribution in [1.29, 1.82) is 0 Å². The molecule has 0 radical (unpaired) electrons. The highest BCUT2D eigenvalue weighted by Crippen LogP contribution is 2.03. The average molecular weight is 266 g/mol. The van der Waals surface area contributed by atoms with E-state index < -0.39 is 0 Å². The van der Waals surface area contributed by atoms with E-state index in [-0.39, 0.29) is 10.8 Å². The molecule has 1 amide bonds. The van der Waals surface area contributed by atoms with E-state index in [0.29, 0.717) is 25.3 Å². The number of imidazole rings is 1. The number of aromatic amines is 1. The van der Waals surface area contributed by atoms with Crippen LogP contribution in [0.15, 0.2) is 22.6 Å². The quantitative estimate of drug-likeness (QED) is 0.857. The summed E-state index contributed by atoms with van der Waals surface area (Å²) in [6.45, 7) is 2.46. The summed E-state index contributed by atoms with van der Waals surface area (Å²) in [5, 5.41) is 4.47. The first-order valence-corrected chi connectivity index (χ1v) is 6.49. The smallest absolute Gasteiger partial charge is 0.307 e. The molecule has 2 rings (SSSR count). The van der Waals surface area contributed by atoms with Gasteiger partial charge in [-0.15, -0.1) is 0 Å². The third-order valence-electron chi connectivity index (χ3n) is 2.52. The van der Waals surface area contributed by atoms with Crippen molar-refractivity contribution in [3.05, 3.63) is 33.1 Å². The maximum Gasteiger partial charge on any atom is 0.307 e. The number of anilines is 1. The molecular formula is C11H14N4O2S. The number of nitrogens with one attached hydrogen (secondary N) is 2. The second kappa shape index (κ2) is 5.63. The molecule has 0 atom stereocenters. The van der Waals surface area contributed by atoms with Crippen molar-refractivity contribution in [2.24, 2.45) is 0 Å². The molecule has 0 aliphatic rings. The zero-order valence-corrected chi connectivity index (χ0v) is 10.8. The van der Waals surface area contributed by atoms with Gasteiger partial charge in [0.1, 0.15) is 0 Å². The van der Waals surface area contributed by atoms with E-state index in [9.17, 15) is 9.59 Å². The van der Waals surface area contributed by atoms with Gasteiger partial charge in [0.05, 0.1) is 0 Å². The Hall–Kier alpha value is -1.89. The number of carbonyl (C=O) groups excluding carboxylic acids is 1. The largest absolute Gasteiger partial charge is 0.331 e. The lowest BCUT2D eigenvalue weighted by atomic mass is 10.3. The van der Waals surface area contributed by atoms with Crippen LogP contribution >= 0.6 is 11.3 Å². The van der Waals surface area contributed by atoms with Gasteiger partial charge in [0.2, 0.25) is 11.9 Å². The van der Waals surface area contributed by atoms with Crippen LogP contribution in [0, 0.1) is 6.92 Å². The first kappa shape index (κ1) is 12.6. The van der Waals surface area contributed by atoms with Gasteiger partial charge in [0, 0.05) is 36.4 Å². The molecule has 0 saturated heterocycles. The minimum Gasteiger partial charge on any atom is -0.331 e. The molecule has 0 saturated carbocycles. The topological polar surface area (TPSA) is 79.8 Å². The van der Waals surface area contributed by atoms with Gasteiger partial charge >= 0.3 is 4.87 Å². The fourth-order valence-electron chi connectivity index (χ4n) is 1.60. The molecule has 2 heterocycles. The summed E-state index contributed by atoms with van der Waals surface area (Å²) in [5.41, 5.74) is 0.941. The number of rotatable bonds is 5. The van der Waals surface area contributed by atoms with Crippen molar-refractivity contribution in [2.75, 3.05) is 5.32 Å². The lowest BCUT2D eigenvalue weighted by Gasteiger charge is -2.04.